The number of nitrogens with one attached hydrogen (secondary N) is 1. The number of ether oxygens (including phenoxy) is 2. The van der Waals surface area contributed by atoms with Gasteiger partial charge in [0.15, 0.2) is 17.4 Å². The second-order valence-electron chi connectivity index (χ2n) is 9.50. The van der Waals surface area contributed by atoms with Gasteiger partial charge in [0.1, 0.15) is 48.4 Å². The first-order chi connectivity index (χ1) is 19.6. The quantitative estimate of drug-likeness (QED) is 0.110. The lowest BCUT2D eigenvalue weighted by Gasteiger charge is -2.25. The van der Waals surface area contributed by atoms with Gasteiger partial charge in [-0.3, -0.25) is 23.4 Å². The number of phosphoric ester groups is 1. The van der Waals surface area contributed by atoms with Gasteiger partial charge in [0, 0.05) is 12.6 Å². The van der Waals surface area contributed by atoms with E-state index in [9.17, 15) is 29.6 Å². The number of anilines is 2. The summed E-state index contributed by atoms with van der Waals surface area (Å²) in [6.45, 7) is -1.22. The van der Waals surface area contributed by atoms with Gasteiger partial charge >= 0.3 is 7.82 Å². The van der Waals surface area contributed by atoms with E-state index in [1.807, 2.05) is 0 Å². The molecule has 4 aromatic rings. The van der Waals surface area contributed by atoms with E-state index >= 15 is 0 Å². The molecule has 0 amide bonds. The fraction of sp³-hybridized carbons (Fsp3) is 0.476. The molecule has 220 valence electrons. The molecule has 6 heterocycles. The van der Waals surface area contributed by atoms with Crippen LogP contribution in [0.1, 0.15) is 18.9 Å². The van der Waals surface area contributed by atoms with Crippen molar-refractivity contribution in [3.8, 4) is 0 Å². The molecule has 4 aromatic heterocycles. The van der Waals surface area contributed by atoms with Crippen LogP contribution < -0.4 is 17.0 Å². The Balaban J connectivity index is 1.17. The summed E-state index contributed by atoms with van der Waals surface area (Å²) in [4.78, 5) is 41.1. The minimum absolute atomic E-state index is 0.0533. The van der Waals surface area contributed by atoms with Gasteiger partial charge in [-0.25, -0.2) is 19.5 Å². The summed E-state index contributed by atoms with van der Waals surface area (Å²) < 4.78 is 37.7. The molecule has 20 heteroatoms. The molecule has 2 saturated heterocycles. The highest BCUT2D eigenvalue weighted by atomic mass is 31.2. The average molecular weight is 595 g/mol. The largest absolute Gasteiger partial charge is 0.472 e. The van der Waals surface area contributed by atoms with Gasteiger partial charge in [-0.15, -0.1) is 0 Å². The number of fused-ring (bicyclic) bond motifs is 2. The number of hydrogen-bond acceptors (Lipinski definition) is 15. The van der Waals surface area contributed by atoms with E-state index in [1.54, 1.807) is 16.8 Å². The monoisotopic (exact) mass is 595 g/mol. The van der Waals surface area contributed by atoms with Crippen molar-refractivity contribution in [3.63, 3.8) is 0 Å². The number of nitrogens with two attached hydrogens (primary N) is 2. The molecule has 6 rings (SSSR count). The van der Waals surface area contributed by atoms with Gasteiger partial charge in [-0.2, -0.15) is 4.98 Å². The number of phosphoric acid groups is 1. The predicted molar refractivity (Wildman–Crippen MR) is 137 cm³/mol. The third kappa shape index (κ3) is 4.96. The lowest BCUT2D eigenvalue weighted by atomic mass is 10.1. The Morgan fingerprint density at radius 1 is 1.15 bits per heavy atom. The molecule has 8 atom stereocenters. The number of aromatic nitrogens is 7. The van der Waals surface area contributed by atoms with Crippen LogP contribution >= 0.6 is 7.82 Å². The predicted octanol–water partition coefficient (Wildman–Crippen LogP) is -1.87. The van der Waals surface area contributed by atoms with Gasteiger partial charge < -0.3 is 45.7 Å². The maximum atomic E-state index is 13.0. The van der Waals surface area contributed by atoms with Crippen molar-refractivity contribution in [3.05, 3.63) is 35.3 Å². The number of imidazole rings is 1. The van der Waals surface area contributed by atoms with E-state index in [2.05, 4.69) is 24.9 Å². The number of rotatable bonds is 8. The van der Waals surface area contributed by atoms with Crippen LogP contribution in [0, 0.1) is 0 Å². The zero-order chi connectivity index (χ0) is 29.1. The topological polar surface area (TPSA) is 281 Å². The second kappa shape index (κ2) is 10.4. The zero-order valence-electron chi connectivity index (χ0n) is 21.0. The van der Waals surface area contributed by atoms with Crippen molar-refractivity contribution in [2.24, 2.45) is 0 Å². The Kier molecular flexibility index (Phi) is 7.00. The first-order valence-corrected chi connectivity index (χ1v) is 13.8. The van der Waals surface area contributed by atoms with E-state index in [0.717, 1.165) is 6.33 Å². The minimum Gasteiger partial charge on any atom is -0.394 e. The van der Waals surface area contributed by atoms with Crippen LogP contribution in [0.25, 0.3) is 22.2 Å². The van der Waals surface area contributed by atoms with E-state index in [1.165, 1.54) is 10.9 Å². The molecule has 0 bridgehead atoms. The van der Waals surface area contributed by atoms with Crippen molar-refractivity contribution in [1.29, 1.82) is 0 Å². The Morgan fingerprint density at radius 3 is 2.73 bits per heavy atom. The number of aliphatic hydroxyl groups excluding tert-OH is 3. The smallest absolute Gasteiger partial charge is 0.394 e. The number of aromatic amines is 1. The molecule has 0 aliphatic carbocycles. The van der Waals surface area contributed by atoms with E-state index < -0.39 is 69.6 Å². The Bertz CT molecular complexity index is 1690. The number of nitrogens with zero attached hydrogens (tertiary/aromatic N) is 6. The first kappa shape index (κ1) is 27.6. The maximum absolute atomic E-state index is 13.0. The van der Waals surface area contributed by atoms with E-state index in [-0.39, 0.29) is 29.4 Å². The molecule has 2 aliphatic rings. The molecular weight excluding hydrogens is 569 g/mol. The van der Waals surface area contributed by atoms with Gasteiger partial charge in [-0.05, 0) is 6.07 Å². The number of nitrogen functional groups attached to an aromatic ring is 2. The van der Waals surface area contributed by atoms with Crippen LogP contribution in [-0.2, 0) is 23.1 Å². The fourth-order valence-corrected chi connectivity index (χ4v) is 5.88. The summed E-state index contributed by atoms with van der Waals surface area (Å²) in [5.41, 5.74) is 11.2. The highest BCUT2D eigenvalue weighted by molar-refractivity contribution is 7.47. The Labute approximate surface area is 228 Å². The van der Waals surface area contributed by atoms with Crippen molar-refractivity contribution in [2.75, 3.05) is 24.7 Å². The summed E-state index contributed by atoms with van der Waals surface area (Å²) >= 11 is 0. The molecule has 0 saturated carbocycles. The van der Waals surface area contributed by atoms with Gasteiger partial charge in [-0.1, -0.05) is 0 Å². The van der Waals surface area contributed by atoms with Gasteiger partial charge in [0.2, 0.25) is 5.95 Å². The molecule has 4 unspecified atom stereocenters. The summed E-state index contributed by atoms with van der Waals surface area (Å²) in [5, 5.41) is 31.5. The fourth-order valence-electron chi connectivity index (χ4n) is 4.95. The van der Waals surface area contributed by atoms with Crippen molar-refractivity contribution in [2.45, 2.75) is 49.4 Å². The van der Waals surface area contributed by atoms with E-state index in [0.29, 0.717) is 11.0 Å². The first-order valence-electron chi connectivity index (χ1n) is 12.3. The number of aliphatic hydroxyl groups is 3. The number of hydrogen-bond donors (Lipinski definition) is 7. The molecular formula is C21H26N9O10P. The molecule has 2 fully saturated rings. The van der Waals surface area contributed by atoms with Gasteiger partial charge in [0.05, 0.1) is 31.0 Å². The highest BCUT2D eigenvalue weighted by Crippen LogP contribution is 2.50. The molecule has 0 aromatic carbocycles. The van der Waals surface area contributed by atoms with Crippen molar-refractivity contribution >= 4 is 41.8 Å². The molecule has 0 spiro atoms. The Morgan fingerprint density at radius 2 is 1.95 bits per heavy atom. The van der Waals surface area contributed by atoms with E-state index in [4.69, 9.17) is 30.0 Å². The summed E-state index contributed by atoms with van der Waals surface area (Å²) in [7, 11) is -4.94. The summed E-state index contributed by atoms with van der Waals surface area (Å²) in [6.07, 6.45) is -4.31. The molecule has 9 N–H and O–H groups in total. The molecule has 41 heavy (non-hydrogen) atoms. The Hall–Kier alpha value is -3.52. The minimum atomic E-state index is -4.94. The zero-order valence-corrected chi connectivity index (χ0v) is 21.9. The third-order valence-corrected chi connectivity index (χ3v) is 7.91. The van der Waals surface area contributed by atoms with Crippen LogP contribution in [0.15, 0.2) is 29.7 Å². The van der Waals surface area contributed by atoms with Crippen molar-refractivity contribution in [1.82, 2.24) is 34.1 Å². The summed E-state index contributed by atoms with van der Waals surface area (Å²) in [6, 6.07) is 1.70. The number of H-pyrrole nitrogens is 1. The molecule has 0 radical (unpaired) electrons. The standard InChI is InChI=1S/C21H26N9O10P/c22-16-8-1-2-29(17(8)25-6-24-16)12-3-9(32)11(38-12)5-37-41(35,36)40-15-14(33)10(4-31)39-20(15)30-7-26-13-18(30)27-21(23)28-19(13)34/h1-2,6-7,9-12,14-15,20,31-33H,3-5H2,(H,35,36)(H2,22,24,25)(H3,23,27,28,34)/t9?,10-,11-,12-,14?,15?,20-/m1/s1. The summed E-state index contributed by atoms with van der Waals surface area (Å²) in [5.74, 6) is 0.0486. The van der Waals surface area contributed by atoms with Gasteiger partial charge in [0.25, 0.3) is 5.56 Å². The van der Waals surface area contributed by atoms with Crippen LogP contribution in [0.2, 0.25) is 0 Å². The highest BCUT2D eigenvalue weighted by Gasteiger charge is 2.49. The van der Waals surface area contributed by atoms with Crippen molar-refractivity contribution < 1.29 is 43.3 Å². The van der Waals surface area contributed by atoms with Crippen LogP contribution in [0.5, 0.6) is 0 Å². The average Bonchev–Trinajstić information content (AvgIpc) is 3.69. The van der Waals surface area contributed by atoms with Crippen LogP contribution in [-0.4, -0.2) is 98.0 Å². The second-order valence-corrected chi connectivity index (χ2v) is 10.9. The molecule has 19 nitrogen and oxygen atoms in total. The van der Waals surface area contributed by atoms with Crippen LogP contribution in [0.3, 0.4) is 0 Å². The van der Waals surface area contributed by atoms with Crippen LogP contribution in [0.4, 0.5) is 11.8 Å². The maximum Gasteiger partial charge on any atom is 0.472 e. The lowest BCUT2D eigenvalue weighted by molar-refractivity contribution is -0.0592. The molecule has 2 aliphatic heterocycles. The normalized spacial score (nSPS) is 29.9. The SMILES string of the molecule is Nc1nc2c(ncn2[C@@H]2O[C@H](CO)C(O)C2OP(=O)(O)OC[C@H]2O[C@@H](n3ccc4c(N)ncnc43)CC2O)c(=O)[nH]1. The lowest BCUT2D eigenvalue weighted by Crippen LogP contribution is -2.35. The third-order valence-electron chi connectivity index (χ3n) is 6.93.